The highest BCUT2D eigenvalue weighted by atomic mass is 16.6. The smallest absolute Gasteiger partial charge is 0.407 e. The molecule has 1 atom stereocenters. The van der Waals surface area contributed by atoms with Crippen molar-refractivity contribution in [1.29, 1.82) is 0 Å². The number of likely N-dealkylation sites (tertiary alicyclic amines) is 1. The maximum absolute atomic E-state index is 13.1. The lowest BCUT2D eigenvalue weighted by Crippen LogP contribution is -2.54. The number of carbonyl (C=O) groups excluding carboxylic acids is 5. The Morgan fingerprint density at radius 1 is 0.889 bits per heavy atom. The molecule has 4 rings (SSSR count). The van der Waals surface area contributed by atoms with Crippen LogP contribution in [0.15, 0.2) is 18.2 Å². The van der Waals surface area contributed by atoms with Crippen LogP contribution in [0.5, 0.6) is 0 Å². The summed E-state index contributed by atoms with van der Waals surface area (Å²) in [6.07, 6.45) is 1.60. The first-order chi connectivity index (χ1) is 21.5. The number of nitrogens with one attached hydrogen (secondary N) is 3. The summed E-state index contributed by atoms with van der Waals surface area (Å²) in [5.74, 6) is -2.03. The van der Waals surface area contributed by atoms with E-state index in [9.17, 15) is 24.0 Å². The Morgan fingerprint density at radius 3 is 2.20 bits per heavy atom. The molecule has 1 aromatic carbocycles. The molecule has 3 N–H and O–H groups in total. The molecule has 14 nitrogen and oxygen atoms in total. The van der Waals surface area contributed by atoms with Crippen LogP contribution in [0.3, 0.4) is 0 Å². The van der Waals surface area contributed by atoms with Gasteiger partial charge < -0.3 is 34.5 Å². The van der Waals surface area contributed by atoms with Gasteiger partial charge >= 0.3 is 6.09 Å². The van der Waals surface area contributed by atoms with Crippen LogP contribution < -0.4 is 16.0 Å². The zero-order valence-corrected chi connectivity index (χ0v) is 26.4. The summed E-state index contributed by atoms with van der Waals surface area (Å²) in [4.78, 5) is 64.6. The van der Waals surface area contributed by atoms with E-state index in [4.69, 9.17) is 18.9 Å². The first kappa shape index (κ1) is 34.3. The lowest BCUT2D eigenvalue weighted by atomic mass is 10.0. The highest BCUT2D eigenvalue weighted by Crippen LogP contribution is 2.30. The van der Waals surface area contributed by atoms with Crippen molar-refractivity contribution in [3.05, 3.63) is 29.3 Å². The van der Waals surface area contributed by atoms with Crippen molar-refractivity contribution in [2.24, 2.45) is 0 Å². The Hall–Kier alpha value is -3.59. The number of rotatable bonds is 15. The van der Waals surface area contributed by atoms with E-state index in [1.54, 1.807) is 18.2 Å². The van der Waals surface area contributed by atoms with E-state index in [0.717, 1.165) is 43.1 Å². The lowest BCUT2D eigenvalue weighted by molar-refractivity contribution is -0.136. The number of imide groups is 2. The number of hydrogen-bond donors (Lipinski definition) is 3. The molecule has 45 heavy (non-hydrogen) atoms. The van der Waals surface area contributed by atoms with Crippen molar-refractivity contribution in [2.45, 2.75) is 64.1 Å². The number of ether oxygens (including phenoxy) is 4. The predicted molar refractivity (Wildman–Crippen MR) is 163 cm³/mol. The Labute approximate surface area is 263 Å². The van der Waals surface area contributed by atoms with Crippen molar-refractivity contribution < 1.29 is 42.9 Å². The molecular weight excluding hydrogens is 586 g/mol. The molecule has 0 spiro atoms. The second-order valence-electron chi connectivity index (χ2n) is 12.2. The van der Waals surface area contributed by atoms with Gasteiger partial charge in [-0.25, -0.2) is 4.79 Å². The van der Waals surface area contributed by atoms with E-state index in [-0.39, 0.29) is 30.0 Å². The molecule has 2 fully saturated rings. The van der Waals surface area contributed by atoms with Gasteiger partial charge in [0, 0.05) is 44.3 Å². The van der Waals surface area contributed by atoms with Crippen molar-refractivity contribution in [3.8, 4) is 0 Å². The van der Waals surface area contributed by atoms with Gasteiger partial charge in [0.1, 0.15) is 11.6 Å². The Kier molecular flexibility index (Phi) is 12.3. The first-order valence-corrected chi connectivity index (χ1v) is 15.6. The fourth-order valence-corrected chi connectivity index (χ4v) is 5.37. The minimum absolute atomic E-state index is 0.0893. The van der Waals surface area contributed by atoms with Crippen LogP contribution >= 0.6 is 0 Å². The normalized spacial score (nSPS) is 19.4. The van der Waals surface area contributed by atoms with E-state index in [1.165, 1.54) is 0 Å². The molecule has 3 aliphatic heterocycles. The standard InChI is InChI=1S/C31H45N5O9/c1-31(2,3)45-30(41)32-10-14-42-16-18-44-19-17-43-15-13-35-11-8-21(9-12-35)33-22-4-5-23-24(20-22)29(40)36(28(23)39)25-6-7-26(37)34-27(25)38/h4-5,20-21,25,33H,6-19H2,1-3H3,(H,32,41)(H,34,37,38). The molecule has 3 aliphatic rings. The minimum Gasteiger partial charge on any atom is -0.444 e. The molecule has 3 heterocycles. The fraction of sp³-hybridized carbons (Fsp3) is 0.645. The van der Waals surface area contributed by atoms with Gasteiger partial charge in [0.15, 0.2) is 0 Å². The van der Waals surface area contributed by atoms with Gasteiger partial charge in [-0.1, -0.05) is 0 Å². The highest BCUT2D eigenvalue weighted by Gasteiger charge is 2.44. The second-order valence-corrected chi connectivity index (χ2v) is 12.2. The predicted octanol–water partition coefficient (Wildman–Crippen LogP) is 1.54. The van der Waals surface area contributed by atoms with Gasteiger partial charge in [-0.05, 0) is 58.2 Å². The van der Waals surface area contributed by atoms with Crippen molar-refractivity contribution in [2.75, 3.05) is 71.1 Å². The number of nitrogens with zero attached hydrogens (tertiary/aromatic N) is 2. The fourth-order valence-electron chi connectivity index (χ4n) is 5.37. The first-order valence-electron chi connectivity index (χ1n) is 15.6. The van der Waals surface area contributed by atoms with E-state index in [1.807, 2.05) is 20.8 Å². The minimum atomic E-state index is -0.973. The third-order valence-corrected chi connectivity index (χ3v) is 7.61. The average molecular weight is 632 g/mol. The molecule has 0 saturated carbocycles. The number of piperidine rings is 2. The number of fused-ring (bicyclic) bond motifs is 1. The SMILES string of the molecule is CC(C)(C)OC(=O)NCCOCCOCCOCCN1CCC(Nc2ccc3c(c2)C(=O)N(C2CCC(=O)NC2=O)C3=O)CC1. The molecule has 0 radical (unpaired) electrons. The summed E-state index contributed by atoms with van der Waals surface area (Å²) >= 11 is 0. The summed E-state index contributed by atoms with van der Waals surface area (Å²) in [6, 6.07) is 4.34. The topological polar surface area (TPSA) is 165 Å². The van der Waals surface area contributed by atoms with Crippen LogP contribution in [0.4, 0.5) is 10.5 Å². The largest absolute Gasteiger partial charge is 0.444 e. The van der Waals surface area contributed by atoms with Crippen molar-refractivity contribution >= 4 is 35.4 Å². The molecule has 5 amide bonds. The Morgan fingerprint density at radius 2 is 1.53 bits per heavy atom. The molecule has 0 aromatic heterocycles. The summed E-state index contributed by atoms with van der Waals surface area (Å²) in [5.41, 5.74) is 0.773. The molecule has 0 aliphatic carbocycles. The summed E-state index contributed by atoms with van der Waals surface area (Å²) < 4.78 is 21.8. The molecule has 1 aromatic rings. The highest BCUT2D eigenvalue weighted by molar-refractivity contribution is 6.23. The number of anilines is 1. The number of amides is 5. The molecule has 14 heteroatoms. The zero-order chi connectivity index (χ0) is 32.4. The van der Waals surface area contributed by atoms with Crippen LogP contribution in [0.2, 0.25) is 0 Å². The van der Waals surface area contributed by atoms with Gasteiger partial charge in [0.25, 0.3) is 11.8 Å². The number of alkyl carbamates (subject to hydrolysis) is 1. The quantitative estimate of drug-likeness (QED) is 0.190. The van der Waals surface area contributed by atoms with E-state index in [0.29, 0.717) is 46.2 Å². The van der Waals surface area contributed by atoms with Gasteiger partial charge in [-0.3, -0.25) is 29.4 Å². The monoisotopic (exact) mass is 631 g/mol. The van der Waals surface area contributed by atoms with E-state index in [2.05, 4.69) is 20.9 Å². The summed E-state index contributed by atoms with van der Waals surface area (Å²) in [5, 5.41) is 8.33. The molecule has 0 bridgehead atoms. The van der Waals surface area contributed by atoms with Crippen LogP contribution in [-0.2, 0) is 28.5 Å². The number of benzene rings is 1. The maximum Gasteiger partial charge on any atom is 0.407 e. The Bertz CT molecular complexity index is 1230. The van der Waals surface area contributed by atoms with E-state index < -0.39 is 41.4 Å². The summed E-state index contributed by atoms with van der Waals surface area (Å²) in [7, 11) is 0. The van der Waals surface area contributed by atoms with Gasteiger partial charge in [0.05, 0.1) is 50.8 Å². The maximum atomic E-state index is 13.1. The third kappa shape index (κ3) is 10.2. The summed E-state index contributed by atoms with van der Waals surface area (Å²) in [6.45, 7) is 11.3. The second kappa shape index (κ2) is 16.1. The van der Waals surface area contributed by atoms with Crippen LogP contribution in [-0.4, -0.2) is 123 Å². The average Bonchev–Trinajstić information content (AvgIpc) is 3.22. The molecule has 248 valence electrons. The van der Waals surface area contributed by atoms with Gasteiger partial charge in [0.2, 0.25) is 11.8 Å². The molecular formula is C31H45N5O9. The van der Waals surface area contributed by atoms with Crippen LogP contribution in [0.25, 0.3) is 0 Å². The number of hydrogen-bond acceptors (Lipinski definition) is 11. The molecule has 2 saturated heterocycles. The van der Waals surface area contributed by atoms with Crippen LogP contribution in [0, 0.1) is 0 Å². The van der Waals surface area contributed by atoms with Gasteiger partial charge in [-0.2, -0.15) is 0 Å². The number of carbonyl (C=O) groups is 5. The lowest BCUT2D eigenvalue weighted by Gasteiger charge is -2.32. The van der Waals surface area contributed by atoms with Gasteiger partial charge in [-0.15, -0.1) is 0 Å². The van der Waals surface area contributed by atoms with Crippen molar-refractivity contribution in [1.82, 2.24) is 20.4 Å². The van der Waals surface area contributed by atoms with Crippen molar-refractivity contribution in [3.63, 3.8) is 0 Å². The molecule has 1 unspecified atom stereocenters. The third-order valence-electron chi connectivity index (χ3n) is 7.61. The Balaban J connectivity index is 1.04. The van der Waals surface area contributed by atoms with E-state index >= 15 is 0 Å². The zero-order valence-electron chi connectivity index (χ0n) is 26.4. The van der Waals surface area contributed by atoms with Crippen LogP contribution in [0.1, 0.15) is 67.2 Å².